The van der Waals surface area contributed by atoms with E-state index in [9.17, 15) is 4.79 Å². The molecule has 0 amide bonds. The monoisotopic (exact) mass is 226 g/mol. The second-order valence-electron chi connectivity index (χ2n) is 5.20. The maximum atomic E-state index is 11.7. The van der Waals surface area contributed by atoms with Crippen molar-refractivity contribution in [1.82, 2.24) is 10.2 Å². The van der Waals surface area contributed by atoms with Crippen molar-refractivity contribution in [2.24, 2.45) is 5.92 Å². The van der Waals surface area contributed by atoms with Crippen LogP contribution in [-0.4, -0.2) is 43.4 Å². The standard InChI is InChI=1S/C13H26N2O/c1-12(2)5-3-6-13(16)11-15-9-4-7-14-8-10-15/h12,14H,3-11H2,1-2H3. The van der Waals surface area contributed by atoms with Crippen molar-refractivity contribution in [3.63, 3.8) is 0 Å². The molecule has 3 heteroatoms. The fourth-order valence-electron chi connectivity index (χ4n) is 2.10. The number of hydrogen-bond acceptors (Lipinski definition) is 3. The minimum absolute atomic E-state index is 0.419. The molecule has 1 rings (SSSR count). The Bertz CT molecular complexity index is 196. The van der Waals surface area contributed by atoms with Crippen LogP contribution in [0.5, 0.6) is 0 Å². The highest BCUT2D eigenvalue weighted by atomic mass is 16.1. The number of Topliss-reactive ketones (excluding diaryl/α,β-unsaturated/α-hetero) is 1. The molecule has 0 spiro atoms. The Morgan fingerprint density at radius 3 is 2.88 bits per heavy atom. The molecule has 3 nitrogen and oxygen atoms in total. The van der Waals surface area contributed by atoms with Crippen molar-refractivity contribution in [2.45, 2.75) is 39.5 Å². The third-order valence-electron chi connectivity index (χ3n) is 3.07. The third kappa shape index (κ3) is 6.23. The maximum absolute atomic E-state index is 11.7. The molecule has 0 aromatic carbocycles. The summed E-state index contributed by atoms with van der Waals surface area (Å²) in [6.07, 6.45) is 4.16. The number of ketones is 1. The van der Waals surface area contributed by atoms with Crippen molar-refractivity contribution < 1.29 is 4.79 Å². The van der Waals surface area contributed by atoms with Gasteiger partial charge in [-0.05, 0) is 31.8 Å². The van der Waals surface area contributed by atoms with Gasteiger partial charge in [0.15, 0.2) is 0 Å². The topological polar surface area (TPSA) is 32.3 Å². The van der Waals surface area contributed by atoms with Crippen LogP contribution in [0.4, 0.5) is 0 Å². The largest absolute Gasteiger partial charge is 0.315 e. The molecule has 1 heterocycles. The molecule has 0 aromatic heterocycles. The number of hydrogen-bond donors (Lipinski definition) is 1. The highest BCUT2D eigenvalue weighted by Gasteiger charge is 2.12. The van der Waals surface area contributed by atoms with Crippen molar-refractivity contribution in [1.29, 1.82) is 0 Å². The molecule has 0 aliphatic carbocycles. The molecule has 1 aliphatic heterocycles. The minimum Gasteiger partial charge on any atom is -0.315 e. The smallest absolute Gasteiger partial charge is 0.146 e. The van der Waals surface area contributed by atoms with Gasteiger partial charge in [-0.25, -0.2) is 0 Å². The van der Waals surface area contributed by atoms with E-state index in [-0.39, 0.29) is 0 Å². The van der Waals surface area contributed by atoms with Crippen molar-refractivity contribution in [3.8, 4) is 0 Å². The minimum atomic E-state index is 0.419. The van der Waals surface area contributed by atoms with Crippen LogP contribution in [0.15, 0.2) is 0 Å². The second kappa shape index (κ2) is 7.80. The Balaban J connectivity index is 2.12. The van der Waals surface area contributed by atoms with Gasteiger partial charge in [0, 0.05) is 19.5 Å². The second-order valence-corrected chi connectivity index (χ2v) is 5.20. The lowest BCUT2D eigenvalue weighted by molar-refractivity contribution is -0.120. The van der Waals surface area contributed by atoms with E-state index < -0.39 is 0 Å². The van der Waals surface area contributed by atoms with Gasteiger partial charge in [0.05, 0.1) is 6.54 Å². The summed E-state index contributed by atoms with van der Waals surface area (Å²) in [6, 6.07) is 0. The lowest BCUT2D eigenvalue weighted by atomic mass is 10.0. The molecule has 0 aromatic rings. The van der Waals surface area contributed by atoms with Gasteiger partial charge in [0.2, 0.25) is 0 Å². The normalized spacial score (nSPS) is 18.7. The lowest BCUT2D eigenvalue weighted by Gasteiger charge is -2.18. The first-order valence-corrected chi connectivity index (χ1v) is 6.63. The Hall–Kier alpha value is -0.410. The summed E-state index contributed by atoms with van der Waals surface area (Å²) in [5, 5.41) is 3.36. The number of carbonyl (C=O) groups is 1. The fourth-order valence-corrected chi connectivity index (χ4v) is 2.10. The fraction of sp³-hybridized carbons (Fsp3) is 0.923. The molecule has 0 unspecified atom stereocenters. The van der Waals surface area contributed by atoms with E-state index in [2.05, 4.69) is 24.1 Å². The zero-order valence-electron chi connectivity index (χ0n) is 10.8. The van der Waals surface area contributed by atoms with Crippen LogP contribution in [0.25, 0.3) is 0 Å². The molecule has 0 bridgehead atoms. The lowest BCUT2D eigenvalue weighted by Crippen LogP contribution is -2.33. The van der Waals surface area contributed by atoms with E-state index in [4.69, 9.17) is 0 Å². The Labute approximate surface area is 99.6 Å². The molecular formula is C13H26N2O. The van der Waals surface area contributed by atoms with Crippen LogP contribution < -0.4 is 5.32 Å². The average molecular weight is 226 g/mol. The summed E-state index contributed by atoms with van der Waals surface area (Å²) in [7, 11) is 0. The first-order valence-electron chi connectivity index (χ1n) is 6.63. The van der Waals surface area contributed by atoms with Crippen molar-refractivity contribution in [3.05, 3.63) is 0 Å². The van der Waals surface area contributed by atoms with Gasteiger partial charge in [0.25, 0.3) is 0 Å². The van der Waals surface area contributed by atoms with Gasteiger partial charge < -0.3 is 5.32 Å². The average Bonchev–Trinajstić information content (AvgIpc) is 2.45. The highest BCUT2D eigenvalue weighted by molar-refractivity contribution is 5.80. The van der Waals surface area contributed by atoms with E-state index in [1.165, 1.54) is 12.8 Å². The Morgan fingerprint density at radius 1 is 1.31 bits per heavy atom. The molecule has 16 heavy (non-hydrogen) atoms. The first-order chi connectivity index (χ1) is 7.68. The zero-order valence-corrected chi connectivity index (χ0v) is 10.8. The van der Waals surface area contributed by atoms with Crippen LogP contribution in [0.2, 0.25) is 0 Å². The number of nitrogens with zero attached hydrogens (tertiary/aromatic N) is 1. The van der Waals surface area contributed by atoms with E-state index in [0.29, 0.717) is 12.3 Å². The van der Waals surface area contributed by atoms with Crippen LogP contribution in [0.1, 0.15) is 39.5 Å². The molecule has 1 fully saturated rings. The van der Waals surface area contributed by atoms with Crippen LogP contribution in [-0.2, 0) is 4.79 Å². The summed E-state index contributed by atoms with van der Waals surface area (Å²) < 4.78 is 0. The summed E-state index contributed by atoms with van der Waals surface area (Å²) in [4.78, 5) is 14.0. The molecule has 0 atom stereocenters. The molecule has 94 valence electrons. The van der Waals surface area contributed by atoms with E-state index in [1.54, 1.807) is 0 Å². The van der Waals surface area contributed by atoms with E-state index in [1.807, 2.05) is 0 Å². The Morgan fingerprint density at radius 2 is 2.12 bits per heavy atom. The van der Waals surface area contributed by atoms with E-state index in [0.717, 1.165) is 44.9 Å². The number of carbonyl (C=O) groups excluding carboxylic acids is 1. The van der Waals surface area contributed by atoms with Gasteiger partial charge in [-0.1, -0.05) is 20.3 Å². The zero-order chi connectivity index (χ0) is 11.8. The molecule has 1 saturated heterocycles. The predicted octanol–water partition coefficient (Wildman–Crippen LogP) is 1.68. The molecule has 0 radical (unpaired) electrons. The van der Waals surface area contributed by atoms with Gasteiger partial charge >= 0.3 is 0 Å². The third-order valence-corrected chi connectivity index (χ3v) is 3.07. The van der Waals surface area contributed by atoms with Gasteiger partial charge in [-0.2, -0.15) is 0 Å². The summed E-state index contributed by atoms with van der Waals surface area (Å²) >= 11 is 0. The molecule has 0 saturated carbocycles. The Kier molecular flexibility index (Phi) is 6.65. The van der Waals surface area contributed by atoms with Gasteiger partial charge in [-0.15, -0.1) is 0 Å². The number of rotatable bonds is 6. The first kappa shape index (κ1) is 13.7. The number of nitrogens with one attached hydrogen (secondary N) is 1. The van der Waals surface area contributed by atoms with Gasteiger partial charge in [0.1, 0.15) is 5.78 Å². The SMILES string of the molecule is CC(C)CCCC(=O)CN1CCCNCC1. The summed E-state index contributed by atoms with van der Waals surface area (Å²) in [5.41, 5.74) is 0. The van der Waals surface area contributed by atoms with Crippen LogP contribution in [0.3, 0.4) is 0 Å². The highest BCUT2D eigenvalue weighted by Crippen LogP contribution is 2.07. The molecule has 1 N–H and O–H groups in total. The van der Waals surface area contributed by atoms with Crippen molar-refractivity contribution in [2.75, 3.05) is 32.7 Å². The van der Waals surface area contributed by atoms with Crippen LogP contribution in [0, 0.1) is 5.92 Å². The summed E-state index contributed by atoms with van der Waals surface area (Å²) in [6.45, 7) is 9.31. The van der Waals surface area contributed by atoms with E-state index >= 15 is 0 Å². The quantitative estimate of drug-likeness (QED) is 0.748. The molecular weight excluding hydrogens is 200 g/mol. The van der Waals surface area contributed by atoms with Crippen molar-refractivity contribution >= 4 is 5.78 Å². The maximum Gasteiger partial charge on any atom is 0.146 e. The predicted molar refractivity (Wildman–Crippen MR) is 67.6 cm³/mol. The molecule has 1 aliphatic rings. The summed E-state index contributed by atoms with van der Waals surface area (Å²) in [5.74, 6) is 1.14. The van der Waals surface area contributed by atoms with Gasteiger partial charge in [-0.3, -0.25) is 9.69 Å². The van der Waals surface area contributed by atoms with Crippen LogP contribution >= 0.6 is 0 Å².